The number of amides is 2. The fourth-order valence-electron chi connectivity index (χ4n) is 3.49. The lowest BCUT2D eigenvalue weighted by Gasteiger charge is -2.28. The third-order valence-electron chi connectivity index (χ3n) is 5.19. The highest BCUT2D eigenvalue weighted by Crippen LogP contribution is 2.27. The van der Waals surface area contributed by atoms with Crippen LogP contribution in [-0.4, -0.2) is 36.1 Å². The molecule has 1 aliphatic rings. The standard InChI is InChI=1S/C22H23Cl2F2N3O4/c23-18-8-7-16(9-19(18)24)32-12-20(30)29-14-3-1-13(2-4-14)21(31)28-10-15-5-6-17(11-27-15)33-22(25)26/h5-9,11,13-14,22H,1-4,10,12H2,(H,28,31)(H,29,30)/t13-,14-. The van der Waals surface area contributed by atoms with Crippen molar-refractivity contribution in [3.05, 3.63) is 52.3 Å². The Morgan fingerprint density at radius 2 is 1.79 bits per heavy atom. The van der Waals surface area contributed by atoms with Crippen molar-refractivity contribution in [3.63, 3.8) is 0 Å². The lowest BCUT2D eigenvalue weighted by atomic mass is 9.85. The second kappa shape index (κ2) is 12.0. The van der Waals surface area contributed by atoms with E-state index in [1.165, 1.54) is 18.3 Å². The monoisotopic (exact) mass is 501 g/mol. The number of halogens is 4. The van der Waals surface area contributed by atoms with E-state index < -0.39 is 6.61 Å². The minimum absolute atomic E-state index is 0.0250. The molecule has 11 heteroatoms. The molecule has 0 unspecified atom stereocenters. The van der Waals surface area contributed by atoms with Gasteiger partial charge in [0, 0.05) is 18.0 Å². The largest absolute Gasteiger partial charge is 0.484 e. The molecule has 3 rings (SSSR count). The maximum Gasteiger partial charge on any atom is 0.387 e. The Morgan fingerprint density at radius 3 is 2.42 bits per heavy atom. The Kier molecular flexibility index (Phi) is 9.08. The fourth-order valence-corrected chi connectivity index (χ4v) is 3.78. The number of carbonyl (C=O) groups is 2. The zero-order chi connectivity index (χ0) is 23.8. The maximum atomic E-state index is 12.4. The molecular weight excluding hydrogens is 479 g/mol. The van der Waals surface area contributed by atoms with Gasteiger partial charge in [-0.25, -0.2) is 0 Å². The van der Waals surface area contributed by atoms with Gasteiger partial charge in [-0.05, 0) is 49.9 Å². The number of carbonyl (C=O) groups excluding carboxylic acids is 2. The van der Waals surface area contributed by atoms with Crippen molar-refractivity contribution in [3.8, 4) is 11.5 Å². The van der Waals surface area contributed by atoms with Gasteiger partial charge in [0.2, 0.25) is 5.91 Å². The van der Waals surface area contributed by atoms with Crippen LogP contribution in [0, 0.1) is 5.92 Å². The van der Waals surface area contributed by atoms with Gasteiger partial charge < -0.3 is 20.1 Å². The molecule has 2 aromatic rings. The number of benzene rings is 1. The summed E-state index contributed by atoms with van der Waals surface area (Å²) in [5.74, 6) is -0.0998. The number of nitrogens with zero attached hydrogens (tertiary/aromatic N) is 1. The lowest BCUT2D eigenvalue weighted by molar-refractivity contribution is -0.126. The molecule has 0 bridgehead atoms. The van der Waals surface area contributed by atoms with Crippen LogP contribution in [0.4, 0.5) is 8.78 Å². The van der Waals surface area contributed by atoms with Gasteiger partial charge >= 0.3 is 6.61 Å². The van der Waals surface area contributed by atoms with E-state index >= 15 is 0 Å². The van der Waals surface area contributed by atoms with Crippen molar-refractivity contribution < 1.29 is 27.8 Å². The molecular formula is C22H23Cl2F2N3O4. The van der Waals surface area contributed by atoms with E-state index in [-0.39, 0.29) is 42.7 Å². The summed E-state index contributed by atoms with van der Waals surface area (Å²) in [6, 6.07) is 7.64. The van der Waals surface area contributed by atoms with E-state index in [4.69, 9.17) is 27.9 Å². The number of ether oxygens (including phenoxy) is 2. The van der Waals surface area contributed by atoms with Crippen LogP contribution in [0.1, 0.15) is 31.4 Å². The van der Waals surface area contributed by atoms with E-state index in [0.717, 1.165) is 0 Å². The van der Waals surface area contributed by atoms with E-state index in [0.29, 0.717) is 47.2 Å². The van der Waals surface area contributed by atoms with Gasteiger partial charge in [0.1, 0.15) is 11.5 Å². The predicted molar refractivity (Wildman–Crippen MR) is 119 cm³/mol. The van der Waals surface area contributed by atoms with E-state index in [2.05, 4.69) is 20.4 Å². The van der Waals surface area contributed by atoms with Crippen molar-refractivity contribution in [1.29, 1.82) is 0 Å². The number of hydrogen-bond donors (Lipinski definition) is 2. The SMILES string of the molecule is O=C(COc1ccc(Cl)c(Cl)c1)N[C@H]1CC[C@H](C(=O)NCc2ccc(OC(F)F)cn2)CC1. The lowest BCUT2D eigenvalue weighted by Crippen LogP contribution is -2.42. The molecule has 1 heterocycles. The van der Waals surface area contributed by atoms with Crippen molar-refractivity contribution >= 4 is 35.0 Å². The van der Waals surface area contributed by atoms with Crippen molar-refractivity contribution in [2.24, 2.45) is 5.92 Å². The summed E-state index contributed by atoms with van der Waals surface area (Å²) in [7, 11) is 0. The Balaban J connectivity index is 1.35. The van der Waals surface area contributed by atoms with Crippen LogP contribution in [0.25, 0.3) is 0 Å². The number of rotatable bonds is 9. The molecule has 178 valence electrons. The predicted octanol–water partition coefficient (Wildman–Crippen LogP) is 4.36. The molecule has 2 amide bonds. The zero-order valence-corrected chi connectivity index (χ0v) is 19.0. The van der Waals surface area contributed by atoms with Crippen molar-refractivity contribution in [2.45, 2.75) is 44.9 Å². The highest BCUT2D eigenvalue weighted by molar-refractivity contribution is 6.42. The summed E-state index contributed by atoms with van der Waals surface area (Å²) in [6.45, 7) is -2.87. The van der Waals surface area contributed by atoms with Crippen LogP contribution in [-0.2, 0) is 16.1 Å². The molecule has 1 fully saturated rings. The van der Waals surface area contributed by atoms with E-state index in [1.54, 1.807) is 18.2 Å². The molecule has 1 aromatic carbocycles. The normalized spacial score (nSPS) is 18.0. The first kappa shape index (κ1) is 25.0. The minimum atomic E-state index is -2.91. The average molecular weight is 502 g/mol. The Hall–Kier alpha value is -2.65. The van der Waals surface area contributed by atoms with Gasteiger partial charge in [0.15, 0.2) is 6.61 Å². The summed E-state index contributed by atoms with van der Waals surface area (Å²) < 4.78 is 34.0. The fraction of sp³-hybridized carbons (Fsp3) is 0.409. The maximum absolute atomic E-state index is 12.4. The first-order chi connectivity index (χ1) is 15.8. The van der Waals surface area contributed by atoms with E-state index in [9.17, 15) is 18.4 Å². The van der Waals surface area contributed by atoms with Crippen LogP contribution in [0.3, 0.4) is 0 Å². The highest BCUT2D eigenvalue weighted by Gasteiger charge is 2.27. The Morgan fingerprint density at radius 1 is 1.06 bits per heavy atom. The molecule has 1 aliphatic carbocycles. The molecule has 2 N–H and O–H groups in total. The van der Waals surface area contributed by atoms with Crippen molar-refractivity contribution in [1.82, 2.24) is 15.6 Å². The second-order valence-electron chi connectivity index (χ2n) is 7.56. The third-order valence-corrected chi connectivity index (χ3v) is 5.93. The van der Waals surface area contributed by atoms with Crippen molar-refractivity contribution in [2.75, 3.05) is 6.61 Å². The smallest absolute Gasteiger partial charge is 0.387 e. The first-order valence-corrected chi connectivity index (χ1v) is 11.1. The zero-order valence-electron chi connectivity index (χ0n) is 17.5. The molecule has 1 aromatic heterocycles. The van der Waals surface area contributed by atoms with Gasteiger partial charge in [-0.2, -0.15) is 8.78 Å². The first-order valence-electron chi connectivity index (χ1n) is 10.3. The number of hydrogen-bond acceptors (Lipinski definition) is 5. The van der Waals surface area contributed by atoms with Crippen LogP contribution >= 0.6 is 23.2 Å². The summed E-state index contributed by atoms with van der Waals surface area (Å²) in [5, 5.41) is 6.49. The highest BCUT2D eigenvalue weighted by atomic mass is 35.5. The molecule has 1 saturated carbocycles. The summed E-state index contributed by atoms with van der Waals surface area (Å²) >= 11 is 11.8. The summed E-state index contributed by atoms with van der Waals surface area (Å²) in [6.07, 6.45) is 3.81. The van der Waals surface area contributed by atoms with Gasteiger partial charge in [0.05, 0.1) is 28.5 Å². The van der Waals surface area contributed by atoms with Gasteiger partial charge in [0.25, 0.3) is 5.91 Å². The Bertz CT molecular complexity index is 955. The number of pyridine rings is 1. The Labute approximate surface area is 199 Å². The number of aromatic nitrogens is 1. The third kappa shape index (κ3) is 8.01. The summed E-state index contributed by atoms with van der Waals surface area (Å²) in [4.78, 5) is 28.6. The molecule has 0 spiro atoms. The quantitative estimate of drug-likeness (QED) is 0.532. The molecule has 0 aliphatic heterocycles. The molecule has 0 atom stereocenters. The van der Waals surface area contributed by atoms with Gasteiger partial charge in [-0.15, -0.1) is 0 Å². The van der Waals surface area contributed by atoms with Crippen LogP contribution < -0.4 is 20.1 Å². The minimum Gasteiger partial charge on any atom is -0.484 e. The second-order valence-corrected chi connectivity index (χ2v) is 8.38. The summed E-state index contributed by atoms with van der Waals surface area (Å²) in [5.41, 5.74) is 0.535. The number of nitrogens with one attached hydrogen (secondary N) is 2. The average Bonchev–Trinajstić information content (AvgIpc) is 2.79. The van der Waals surface area contributed by atoms with Crippen LogP contribution in [0.15, 0.2) is 36.5 Å². The van der Waals surface area contributed by atoms with Gasteiger partial charge in [-0.1, -0.05) is 23.2 Å². The molecule has 0 radical (unpaired) electrons. The van der Waals surface area contributed by atoms with Crippen LogP contribution in [0.2, 0.25) is 10.0 Å². The topological polar surface area (TPSA) is 89.5 Å². The van der Waals surface area contributed by atoms with Gasteiger partial charge in [-0.3, -0.25) is 14.6 Å². The molecule has 7 nitrogen and oxygen atoms in total. The van der Waals surface area contributed by atoms with E-state index in [1.807, 2.05) is 0 Å². The molecule has 0 saturated heterocycles. The van der Waals surface area contributed by atoms with Crippen LogP contribution in [0.5, 0.6) is 11.5 Å². The number of alkyl halides is 2. The molecule has 33 heavy (non-hydrogen) atoms.